The van der Waals surface area contributed by atoms with Crippen LogP contribution in [0.1, 0.15) is 41.6 Å². The van der Waals surface area contributed by atoms with Crippen molar-refractivity contribution in [2.45, 2.75) is 37.1 Å². The minimum absolute atomic E-state index is 0.320. The molecule has 1 saturated carbocycles. The zero-order valence-corrected chi connectivity index (χ0v) is 19.2. The van der Waals surface area contributed by atoms with Gasteiger partial charge in [-0.05, 0) is 48.6 Å². The van der Waals surface area contributed by atoms with Crippen molar-refractivity contribution >= 4 is 30.1 Å². The number of hydrogen-bond donors (Lipinski definition) is 1. The van der Waals surface area contributed by atoms with Crippen LogP contribution in [-0.4, -0.2) is 36.2 Å². The zero-order chi connectivity index (χ0) is 22.8. The van der Waals surface area contributed by atoms with Crippen LogP contribution in [0.3, 0.4) is 0 Å². The second-order valence-corrected chi connectivity index (χ2v) is 9.19. The predicted octanol–water partition coefficient (Wildman–Crippen LogP) is 5.14. The minimum Gasteiger partial charge on any atom is -0.378 e. The Kier molecular flexibility index (Phi) is 5.63. The fourth-order valence-electron chi connectivity index (χ4n) is 4.83. The molecule has 1 fully saturated rings. The average molecular weight is 439 g/mol. The summed E-state index contributed by atoms with van der Waals surface area (Å²) < 4.78 is 1.88. The van der Waals surface area contributed by atoms with E-state index in [2.05, 4.69) is 91.1 Å². The number of benzene rings is 2. The highest BCUT2D eigenvalue weighted by molar-refractivity contribution is 5.74. The molecule has 2 aliphatic rings. The van der Waals surface area contributed by atoms with Crippen molar-refractivity contribution in [3.8, 4) is 0 Å². The van der Waals surface area contributed by atoms with E-state index in [1.165, 1.54) is 42.2 Å². The molecule has 168 valence electrons. The van der Waals surface area contributed by atoms with E-state index in [1.54, 1.807) is 6.20 Å². The number of anilines is 2. The molecule has 3 aromatic rings. The van der Waals surface area contributed by atoms with Gasteiger partial charge in [0.05, 0.1) is 5.69 Å². The maximum absolute atomic E-state index is 11.1. The van der Waals surface area contributed by atoms with Crippen molar-refractivity contribution in [1.82, 2.24) is 9.78 Å². The van der Waals surface area contributed by atoms with Crippen LogP contribution in [0.5, 0.6) is 0 Å². The Morgan fingerprint density at radius 3 is 2.42 bits per heavy atom. The number of carbonyl (C=O) groups excluding carboxylic acids is 1. The standard InChI is InChI=1S/C28H30N4O/c1-31(2)24-14-12-22(13-15-24)28(21-8-4-3-5-9-21)17-16-25-26(20-28)32(18-7-19-33)30-27(25)29-23-10-6-11-23/h3-5,7-9,12-19,23H,6,10-11,20H2,1-2H3,(H,29,30). The number of aldehydes is 1. The van der Waals surface area contributed by atoms with Gasteiger partial charge in [-0.1, -0.05) is 54.6 Å². The maximum Gasteiger partial charge on any atom is 0.156 e. The SMILES string of the molecule is CN(C)c1ccc(C2(c3ccccc3)C=Cc3c(NC4CCC4)nn(C=CC=O)c3C2)cc1. The lowest BCUT2D eigenvalue weighted by Gasteiger charge is -2.35. The number of carbonyl (C=O) groups is 1. The van der Waals surface area contributed by atoms with Gasteiger partial charge >= 0.3 is 0 Å². The van der Waals surface area contributed by atoms with E-state index in [1.807, 2.05) is 4.68 Å². The predicted molar refractivity (Wildman–Crippen MR) is 136 cm³/mol. The van der Waals surface area contributed by atoms with E-state index in [9.17, 15) is 4.79 Å². The van der Waals surface area contributed by atoms with Crippen LogP contribution in [0, 0.1) is 0 Å². The van der Waals surface area contributed by atoms with Crippen LogP contribution in [-0.2, 0) is 16.6 Å². The molecule has 33 heavy (non-hydrogen) atoms. The molecule has 0 saturated heterocycles. The lowest BCUT2D eigenvalue weighted by atomic mass is 9.68. The lowest BCUT2D eigenvalue weighted by molar-refractivity contribution is -0.104. The third-order valence-corrected chi connectivity index (χ3v) is 6.97. The largest absolute Gasteiger partial charge is 0.378 e. The monoisotopic (exact) mass is 438 g/mol. The highest BCUT2D eigenvalue weighted by Gasteiger charge is 2.38. The molecule has 0 aliphatic heterocycles. The van der Waals surface area contributed by atoms with E-state index in [4.69, 9.17) is 5.10 Å². The summed E-state index contributed by atoms with van der Waals surface area (Å²) in [6.45, 7) is 0. The van der Waals surface area contributed by atoms with Crippen LogP contribution in [0.15, 0.2) is 66.7 Å². The first kappa shape index (κ1) is 21.3. The highest BCUT2D eigenvalue weighted by atomic mass is 16.1. The van der Waals surface area contributed by atoms with Crippen molar-refractivity contribution in [2.75, 3.05) is 24.3 Å². The van der Waals surface area contributed by atoms with E-state index in [0.29, 0.717) is 6.04 Å². The van der Waals surface area contributed by atoms with Crippen molar-refractivity contribution in [3.63, 3.8) is 0 Å². The fourth-order valence-corrected chi connectivity index (χ4v) is 4.83. The molecule has 1 heterocycles. The van der Waals surface area contributed by atoms with Crippen LogP contribution in [0.25, 0.3) is 12.3 Å². The first-order chi connectivity index (χ1) is 16.1. The quantitative estimate of drug-likeness (QED) is 0.410. The summed E-state index contributed by atoms with van der Waals surface area (Å²) in [7, 11) is 4.12. The molecule has 0 radical (unpaired) electrons. The van der Waals surface area contributed by atoms with E-state index in [-0.39, 0.29) is 5.41 Å². The summed E-state index contributed by atoms with van der Waals surface area (Å²) in [5, 5.41) is 8.46. The zero-order valence-electron chi connectivity index (χ0n) is 19.2. The van der Waals surface area contributed by atoms with Crippen molar-refractivity contribution in [3.05, 3.63) is 89.1 Å². The second-order valence-electron chi connectivity index (χ2n) is 9.19. The summed E-state index contributed by atoms with van der Waals surface area (Å²) in [6.07, 6.45) is 13.0. The molecule has 1 atom stereocenters. The van der Waals surface area contributed by atoms with Gasteiger partial charge in [0.1, 0.15) is 6.29 Å². The van der Waals surface area contributed by atoms with Gasteiger partial charge < -0.3 is 10.2 Å². The fraction of sp³-hybridized carbons (Fsp3) is 0.286. The molecular weight excluding hydrogens is 408 g/mol. The van der Waals surface area contributed by atoms with Crippen molar-refractivity contribution in [1.29, 1.82) is 0 Å². The molecular formula is C28H30N4O. The van der Waals surface area contributed by atoms with Crippen LogP contribution in [0.2, 0.25) is 0 Å². The van der Waals surface area contributed by atoms with Gasteiger partial charge in [-0.2, -0.15) is 5.10 Å². The summed E-state index contributed by atoms with van der Waals surface area (Å²) in [4.78, 5) is 13.2. The Labute approximate surface area is 195 Å². The van der Waals surface area contributed by atoms with Crippen LogP contribution < -0.4 is 10.2 Å². The van der Waals surface area contributed by atoms with Gasteiger partial charge in [0.15, 0.2) is 5.82 Å². The number of rotatable bonds is 7. The molecule has 5 nitrogen and oxygen atoms in total. The molecule has 5 heteroatoms. The van der Waals surface area contributed by atoms with Crippen molar-refractivity contribution < 1.29 is 4.79 Å². The van der Waals surface area contributed by atoms with Crippen LogP contribution >= 0.6 is 0 Å². The highest BCUT2D eigenvalue weighted by Crippen LogP contribution is 2.44. The lowest BCUT2D eigenvalue weighted by Crippen LogP contribution is -2.31. The summed E-state index contributed by atoms with van der Waals surface area (Å²) in [5.74, 6) is 0.908. The molecule has 5 rings (SSSR count). The number of allylic oxidation sites excluding steroid dienone is 2. The minimum atomic E-state index is -0.320. The normalized spacial score (nSPS) is 19.8. The average Bonchev–Trinajstić information content (AvgIpc) is 3.17. The summed E-state index contributed by atoms with van der Waals surface area (Å²) >= 11 is 0. The summed E-state index contributed by atoms with van der Waals surface area (Å²) in [5.41, 5.74) is 5.56. The van der Waals surface area contributed by atoms with Gasteiger partial charge in [-0.15, -0.1) is 0 Å². The molecule has 1 N–H and O–H groups in total. The Balaban J connectivity index is 1.63. The number of hydrogen-bond acceptors (Lipinski definition) is 4. The molecule has 2 aliphatic carbocycles. The molecule has 1 aromatic heterocycles. The third kappa shape index (κ3) is 3.88. The Morgan fingerprint density at radius 1 is 1.06 bits per heavy atom. The van der Waals surface area contributed by atoms with Gasteiger partial charge in [0.2, 0.25) is 0 Å². The van der Waals surface area contributed by atoms with Gasteiger partial charge in [0, 0.05) is 49.4 Å². The topological polar surface area (TPSA) is 50.2 Å². The molecule has 0 amide bonds. The Hall–Kier alpha value is -3.60. The molecule has 0 bridgehead atoms. The van der Waals surface area contributed by atoms with E-state index in [0.717, 1.165) is 29.8 Å². The van der Waals surface area contributed by atoms with E-state index >= 15 is 0 Å². The number of aromatic nitrogens is 2. The summed E-state index contributed by atoms with van der Waals surface area (Å²) in [6, 6.07) is 20.0. The first-order valence-electron chi connectivity index (χ1n) is 11.6. The smallest absolute Gasteiger partial charge is 0.156 e. The van der Waals surface area contributed by atoms with Crippen LogP contribution in [0.4, 0.5) is 11.5 Å². The van der Waals surface area contributed by atoms with Gasteiger partial charge in [-0.3, -0.25) is 4.79 Å². The van der Waals surface area contributed by atoms with Gasteiger partial charge in [-0.25, -0.2) is 4.68 Å². The maximum atomic E-state index is 11.1. The molecule has 1 unspecified atom stereocenters. The second kappa shape index (κ2) is 8.74. The number of nitrogens with one attached hydrogen (secondary N) is 1. The van der Waals surface area contributed by atoms with Crippen molar-refractivity contribution in [2.24, 2.45) is 0 Å². The molecule has 0 spiro atoms. The Morgan fingerprint density at radius 2 is 1.79 bits per heavy atom. The third-order valence-electron chi connectivity index (χ3n) is 6.97. The number of fused-ring (bicyclic) bond motifs is 1. The first-order valence-corrected chi connectivity index (χ1v) is 11.6. The van der Waals surface area contributed by atoms with Gasteiger partial charge in [0.25, 0.3) is 0 Å². The number of nitrogens with zero attached hydrogens (tertiary/aromatic N) is 3. The van der Waals surface area contributed by atoms with E-state index < -0.39 is 0 Å². The molecule has 2 aromatic carbocycles. The Bertz CT molecular complexity index is 1190.